The Bertz CT molecular complexity index is 3700. The van der Waals surface area contributed by atoms with E-state index in [-0.39, 0.29) is 0 Å². The average Bonchev–Trinajstić information content (AvgIpc) is 3.99. The van der Waals surface area contributed by atoms with Crippen LogP contribution in [0.25, 0.3) is 121 Å². The molecule has 5 aromatic heterocycles. The second-order valence-corrected chi connectivity index (χ2v) is 14.5. The fraction of sp³-hybridized carbons (Fsp3) is 0. The lowest BCUT2D eigenvalue weighted by Gasteiger charge is -2.11. The Morgan fingerprint density at radius 2 is 1.09 bits per heavy atom. The lowest BCUT2D eigenvalue weighted by molar-refractivity contribution is 0.666. The molecule has 0 N–H and O–H groups in total. The topological polar surface area (TPSA) is 48.3 Å². The molecule has 8 aromatic carbocycles. The Hall–Kier alpha value is -7.50. The largest absolute Gasteiger partial charge is 0.452 e. The summed E-state index contributed by atoms with van der Waals surface area (Å²) in [5.74, 6) is 0.612. The van der Waals surface area contributed by atoms with Gasteiger partial charge in [-0.15, -0.1) is 0 Å². The zero-order chi connectivity index (χ0) is 35.8. The molecule has 0 bridgehead atoms. The molecule has 5 heterocycles. The van der Waals surface area contributed by atoms with Gasteiger partial charge in [0.15, 0.2) is 5.58 Å². The fourth-order valence-corrected chi connectivity index (χ4v) is 9.31. The first kappa shape index (κ1) is 29.0. The normalized spacial score (nSPS) is 12.4. The molecule has 0 fully saturated rings. The second kappa shape index (κ2) is 10.6. The van der Waals surface area contributed by atoms with E-state index in [1.54, 1.807) is 0 Å². The van der Waals surface area contributed by atoms with Crippen molar-refractivity contribution in [3.05, 3.63) is 170 Å². The van der Waals surface area contributed by atoms with Crippen LogP contribution in [0.4, 0.5) is 0 Å². The minimum absolute atomic E-state index is 0.612. The number of benzene rings is 8. The molecule has 13 aromatic rings. The van der Waals surface area contributed by atoms with Gasteiger partial charge in [-0.1, -0.05) is 133 Å². The van der Waals surface area contributed by atoms with Crippen LogP contribution in [0, 0.1) is 0 Å². The lowest BCUT2D eigenvalue weighted by Crippen LogP contribution is -2.03. The van der Waals surface area contributed by atoms with Crippen molar-refractivity contribution in [2.75, 3.05) is 0 Å². The summed E-state index contributed by atoms with van der Waals surface area (Å²) in [5.41, 5.74) is 12.1. The molecule has 0 spiro atoms. The van der Waals surface area contributed by atoms with E-state index in [0.29, 0.717) is 11.5 Å². The van der Waals surface area contributed by atoms with Gasteiger partial charge in [0.05, 0.1) is 27.6 Å². The predicted octanol–water partition coefficient (Wildman–Crippen LogP) is 13.1. The van der Waals surface area contributed by atoms with Gasteiger partial charge in [-0.25, -0.2) is 9.97 Å². The Morgan fingerprint density at radius 3 is 1.95 bits per heavy atom. The number of nitrogens with zero attached hydrogens (tertiary/aromatic N) is 4. The van der Waals surface area contributed by atoms with E-state index in [1.807, 2.05) is 24.3 Å². The van der Waals surface area contributed by atoms with Crippen LogP contribution in [-0.4, -0.2) is 18.9 Å². The molecule has 13 rings (SSSR count). The van der Waals surface area contributed by atoms with Crippen LogP contribution in [0.1, 0.15) is 0 Å². The second-order valence-electron chi connectivity index (χ2n) is 14.5. The summed E-state index contributed by atoms with van der Waals surface area (Å²) in [6.07, 6.45) is 0. The van der Waals surface area contributed by atoms with Crippen molar-refractivity contribution < 1.29 is 4.42 Å². The third kappa shape index (κ3) is 3.81. The number of aromatic nitrogens is 4. The van der Waals surface area contributed by atoms with Gasteiger partial charge in [0, 0.05) is 43.3 Å². The summed E-state index contributed by atoms with van der Waals surface area (Å²) >= 11 is 0. The lowest BCUT2D eigenvalue weighted by atomic mass is 10.00. The number of hydrogen-bond donors (Lipinski definition) is 0. The zero-order valence-corrected chi connectivity index (χ0v) is 29.4. The number of para-hydroxylation sites is 3. The van der Waals surface area contributed by atoms with Gasteiger partial charge in [0.2, 0.25) is 5.95 Å². The van der Waals surface area contributed by atoms with Crippen molar-refractivity contribution in [2.45, 2.75) is 0 Å². The predicted molar refractivity (Wildman–Crippen MR) is 227 cm³/mol. The highest BCUT2D eigenvalue weighted by molar-refractivity contribution is 6.36. The summed E-state index contributed by atoms with van der Waals surface area (Å²) < 4.78 is 11.4. The monoisotopic (exact) mass is 700 g/mol. The first-order chi connectivity index (χ1) is 27.3. The Labute approximate surface area is 313 Å². The first-order valence-corrected chi connectivity index (χ1v) is 18.7. The van der Waals surface area contributed by atoms with Crippen LogP contribution in [0.15, 0.2) is 174 Å². The molecular formula is C50H28N4O. The Morgan fingerprint density at radius 1 is 0.418 bits per heavy atom. The van der Waals surface area contributed by atoms with Crippen LogP contribution in [-0.2, 0) is 0 Å². The van der Waals surface area contributed by atoms with Crippen LogP contribution in [0.3, 0.4) is 0 Å². The number of hydrogen-bond acceptors (Lipinski definition) is 3. The van der Waals surface area contributed by atoms with E-state index < -0.39 is 0 Å². The number of furan rings is 1. The fourth-order valence-electron chi connectivity index (χ4n) is 9.31. The van der Waals surface area contributed by atoms with E-state index in [1.165, 1.54) is 59.8 Å². The summed E-state index contributed by atoms with van der Waals surface area (Å²) in [6.45, 7) is 0. The molecule has 0 radical (unpaired) electrons. The van der Waals surface area contributed by atoms with E-state index in [9.17, 15) is 0 Å². The van der Waals surface area contributed by atoms with E-state index in [4.69, 9.17) is 14.4 Å². The summed E-state index contributed by atoms with van der Waals surface area (Å²) in [5, 5.41) is 10.8. The molecule has 0 aliphatic heterocycles. The minimum atomic E-state index is 0.612. The van der Waals surface area contributed by atoms with Crippen LogP contribution in [0.5, 0.6) is 0 Å². The van der Waals surface area contributed by atoms with Gasteiger partial charge >= 0.3 is 0 Å². The summed E-state index contributed by atoms with van der Waals surface area (Å²) in [6, 6.07) is 60.4. The van der Waals surface area contributed by atoms with Gasteiger partial charge in [0.1, 0.15) is 16.8 Å². The first-order valence-electron chi connectivity index (χ1n) is 18.7. The smallest absolute Gasteiger partial charge is 0.236 e. The third-order valence-electron chi connectivity index (χ3n) is 11.7. The van der Waals surface area contributed by atoms with Gasteiger partial charge in [-0.2, -0.15) is 0 Å². The van der Waals surface area contributed by atoms with E-state index in [2.05, 4.69) is 155 Å². The molecule has 0 aliphatic carbocycles. The average molecular weight is 701 g/mol. The Kier molecular flexibility index (Phi) is 5.57. The van der Waals surface area contributed by atoms with Crippen LogP contribution >= 0.6 is 0 Å². The van der Waals surface area contributed by atoms with Crippen molar-refractivity contribution >= 4 is 92.7 Å². The highest BCUT2D eigenvalue weighted by atomic mass is 16.3. The van der Waals surface area contributed by atoms with Crippen molar-refractivity contribution in [2.24, 2.45) is 0 Å². The maximum atomic E-state index is 6.59. The molecule has 0 saturated carbocycles. The maximum Gasteiger partial charge on any atom is 0.236 e. The van der Waals surface area contributed by atoms with Crippen LogP contribution in [0.2, 0.25) is 0 Å². The quantitative estimate of drug-likeness (QED) is 0.184. The molecule has 254 valence electrons. The molecule has 0 atom stereocenters. The maximum absolute atomic E-state index is 6.59. The standard InChI is InChI=1S/C50H28N4O/c1-2-12-29(13-3-1)30-22-24-32(25-23-30)45-49-46(36-18-8-11-21-42(36)55-49)52-50(51-45)54-39-19-9-6-16-34(39)37-28-38-43-33-15-5-4-14-31(33)26-27-41(43)53-40-20-10-7-17-35(40)44(47(37)54)48(38)53/h1-28H. The highest BCUT2D eigenvalue weighted by Gasteiger charge is 2.27. The molecular weight excluding hydrogens is 673 g/mol. The molecule has 0 unspecified atom stereocenters. The molecule has 5 nitrogen and oxygen atoms in total. The van der Waals surface area contributed by atoms with E-state index >= 15 is 0 Å². The SMILES string of the molecule is c1ccc(-c2ccc(-c3nc(-n4c5ccccc5c5cc6c7c8ccccc8ccc7n7c8ccccc8c(c54)c67)nc4c3oc3ccccc34)cc2)cc1. The minimum Gasteiger partial charge on any atom is -0.452 e. The van der Waals surface area contributed by atoms with Gasteiger partial charge in [-0.3, -0.25) is 4.57 Å². The van der Waals surface area contributed by atoms with Gasteiger partial charge in [0.25, 0.3) is 0 Å². The van der Waals surface area contributed by atoms with E-state index in [0.717, 1.165) is 49.7 Å². The third-order valence-corrected chi connectivity index (χ3v) is 11.7. The van der Waals surface area contributed by atoms with Crippen molar-refractivity contribution in [3.8, 4) is 28.3 Å². The summed E-state index contributed by atoms with van der Waals surface area (Å²) in [4.78, 5) is 10.9. The molecule has 5 heteroatoms. The van der Waals surface area contributed by atoms with Crippen molar-refractivity contribution in [1.82, 2.24) is 18.9 Å². The number of fused-ring (bicyclic) bond motifs is 15. The highest BCUT2D eigenvalue weighted by Crippen LogP contribution is 2.48. The van der Waals surface area contributed by atoms with Gasteiger partial charge in [-0.05, 0) is 58.3 Å². The van der Waals surface area contributed by atoms with Crippen molar-refractivity contribution in [3.63, 3.8) is 0 Å². The van der Waals surface area contributed by atoms with Gasteiger partial charge < -0.3 is 8.82 Å². The molecule has 55 heavy (non-hydrogen) atoms. The van der Waals surface area contributed by atoms with Crippen molar-refractivity contribution in [1.29, 1.82) is 0 Å². The Balaban J connectivity index is 1.19. The molecule has 0 amide bonds. The van der Waals surface area contributed by atoms with Crippen LogP contribution < -0.4 is 0 Å². The number of rotatable bonds is 3. The molecule has 0 saturated heterocycles. The zero-order valence-electron chi connectivity index (χ0n) is 29.4. The summed E-state index contributed by atoms with van der Waals surface area (Å²) in [7, 11) is 0. The molecule has 0 aliphatic rings.